The highest BCUT2D eigenvalue weighted by molar-refractivity contribution is 6.30. The molecule has 122 valence electrons. The number of halogens is 1. The molecule has 2 saturated heterocycles. The van der Waals surface area contributed by atoms with Crippen molar-refractivity contribution >= 4 is 17.3 Å². The van der Waals surface area contributed by atoms with E-state index in [0.717, 1.165) is 17.0 Å². The molecule has 2 fully saturated rings. The maximum atomic E-state index is 5.99. The number of hydrogen-bond acceptors (Lipinski definition) is 2. The average Bonchev–Trinajstić information content (AvgIpc) is 2.98. The van der Waals surface area contributed by atoms with Crippen LogP contribution in [-0.2, 0) is 0 Å². The lowest BCUT2D eigenvalue weighted by Crippen LogP contribution is -2.44. The highest BCUT2D eigenvalue weighted by Crippen LogP contribution is 2.36. The van der Waals surface area contributed by atoms with Gasteiger partial charge in [-0.2, -0.15) is 0 Å². The predicted molar refractivity (Wildman–Crippen MR) is 95.8 cm³/mol. The molecule has 0 aromatic heterocycles. The van der Waals surface area contributed by atoms with E-state index in [2.05, 4.69) is 42.7 Å². The fourth-order valence-corrected chi connectivity index (χ4v) is 4.09. The highest BCUT2D eigenvalue weighted by Gasteiger charge is 2.35. The van der Waals surface area contributed by atoms with Gasteiger partial charge in [-0.25, -0.2) is 0 Å². The molecule has 0 bridgehead atoms. The van der Waals surface area contributed by atoms with Gasteiger partial charge in [0.25, 0.3) is 0 Å². The van der Waals surface area contributed by atoms with Gasteiger partial charge in [-0.1, -0.05) is 32.4 Å². The van der Waals surface area contributed by atoms with Gasteiger partial charge in [-0.05, 0) is 61.4 Å². The van der Waals surface area contributed by atoms with E-state index in [1.54, 1.807) is 0 Å². The average molecular weight is 321 g/mol. The number of likely N-dealkylation sites (tertiary alicyclic amines) is 1. The van der Waals surface area contributed by atoms with Gasteiger partial charge in [0.2, 0.25) is 0 Å². The summed E-state index contributed by atoms with van der Waals surface area (Å²) >= 11 is 5.99. The molecule has 2 aliphatic rings. The molecular weight excluding hydrogens is 292 g/mol. The second kappa shape index (κ2) is 6.41. The fraction of sp³-hybridized carbons (Fsp3) is 0.684. The Hall–Kier alpha value is -0.730. The number of piperidine rings is 1. The number of hydrogen-bond donors (Lipinski definition) is 0. The van der Waals surface area contributed by atoms with E-state index in [1.807, 2.05) is 12.1 Å². The molecule has 0 saturated carbocycles. The molecular formula is C19H29ClN2. The maximum absolute atomic E-state index is 5.99. The molecule has 0 aliphatic carbocycles. The van der Waals surface area contributed by atoms with Crippen LogP contribution in [0.15, 0.2) is 24.3 Å². The van der Waals surface area contributed by atoms with Crippen molar-refractivity contribution < 1.29 is 0 Å². The summed E-state index contributed by atoms with van der Waals surface area (Å²) in [4.78, 5) is 5.26. The van der Waals surface area contributed by atoms with Gasteiger partial charge in [0.15, 0.2) is 0 Å². The molecule has 1 atom stereocenters. The van der Waals surface area contributed by atoms with Crippen molar-refractivity contribution in [2.45, 2.75) is 46.1 Å². The van der Waals surface area contributed by atoms with Gasteiger partial charge < -0.3 is 4.90 Å². The lowest BCUT2D eigenvalue weighted by Gasteiger charge is -2.38. The normalized spacial score (nSPS) is 24.9. The monoisotopic (exact) mass is 320 g/mol. The summed E-state index contributed by atoms with van der Waals surface area (Å²) < 4.78 is 0. The second-order valence-corrected chi connectivity index (χ2v) is 8.48. The molecule has 3 rings (SSSR count). The minimum Gasteiger partial charge on any atom is -0.371 e. The van der Waals surface area contributed by atoms with E-state index in [9.17, 15) is 0 Å². The minimum atomic E-state index is 0.457. The molecule has 1 aromatic carbocycles. The van der Waals surface area contributed by atoms with E-state index in [4.69, 9.17) is 11.6 Å². The van der Waals surface area contributed by atoms with Crippen LogP contribution in [0, 0.1) is 11.3 Å². The Morgan fingerprint density at radius 2 is 1.59 bits per heavy atom. The van der Waals surface area contributed by atoms with Crippen LogP contribution in [0.3, 0.4) is 0 Å². The summed E-state index contributed by atoms with van der Waals surface area (Å²) in [5.41, 5.74) is 1.77. The van der Waals surface area contributed by atoms with Crippen molar-refractivity contribution in [1.29, 1.82) is 0 Å². The number of anilines is 1. The quantitative estimate of drug-likeness (QED) is 0.781. The first-order valence-corrected chi connectivity index (χ1v) is 9.06. The molecule has 2 nitrogen and oxygen atoms in total. The second-order valence-electron chi connectivity index (χ2n) is 8.04. The Morgan fingerprint density at radius 3 is 2.14 bits per heavy atom. The number of rotatable bonds is 2. The minimum absolute atomic E-state index is 0.457. The van der Waals surface area contributed by atoms with Crippen LogP contribution in [0.4, 0.5) is 5.69 Å². The number of benzene rings is 1. The van der Waals surface area contributed by atoms with Crippen LogP contribution in [0.1, 0.15) is 40.0 Å². The van der Waals surface area contributed by atoms with Crippen molar-refractivity contribution in [2.24, 2.45) is 11.3 Å². The third kappa shape index (κ3) is 3.60. The molecule has 0 N–H and O–H groups in total. The zero-order chi connectivity index (χ0) is 15.7. The SMILES string of the molecule is CC(C)(C)C1CCN(C2CCN(c3ccc(Cl)cc3)CC2)C1. The third-order valence-electron chi connectivity index (χ3n) is 5.62. The standard InChI is InChI=1S/C19H29ClN2/c1-19(2,3)15-8-11-22(14-15)18-9-12-21(13-10-18)17-6-4-16(20)5-7-17/h4-7,15,18H,8-14H2,1-3H3. The third-order valence-corrected chi connectivity index (χ3v) is 5.87. The Morgan fingerprint density at radius 1 is 0.955 bits per heavy atom. The molecule has 1 unspecified atom stereocenters. The van der Waals surface area contributed by atoms with Crippen molar-refractivity contribution in [1.82, 2.24) is 4.90 Å². The fourth-order valence-electron chi connectivity index (χ4n) is 3.97. The Labute approximate surface area is 140 Å². The van der Waals surface area contributed by atoms with Crippen LogP contribution in [0.5, 0.6) is 0 Å². The van der Waals surface area contributed by atoms with E-state index in [1.165, 1.54) is 51.1 Å². The Balaban J connectivity index is 1.53. The van der Waals surface area contributed by atoms with Crippen LogP contribution in [0.2, 0.25) is 5.02 Å². The number of nitrogens with zero attached hydrogens (tertiary/aromatic N) is 2. The summed E-state index contributed by atoms with van der Waals surface area (Å²) in [7, 11) is 0. The Kier molecular flexibility index (Phi) is 4.70. The van der Waals surface area contributed by atoms with Crippen LogP contribution >= 0.6 is 11.6 Å². The molecule has 3 heteroatoms. The van der Waals surface area contributed by atoms with Gasteiger partial charge in [0, 0.05) is 36.4 Å². The van der Waals surface area contributed by atoms with E-state index < -0.39 is 0 Å². The van der Waals surface area contributed by atoms with E-state index in [0.29, 0.717) is 5.41 Å². The lowest BCUT2D eigenvalue weighted by molar-refractivity contribution is 0.174. The summed E-state index contributed by atoms with van der Waals surface area (Å²) in [5.74, 6) is 0.863. The van der Waals surface area contributed by atoms with Crippen LogP contribution in [-0.4, -0.2) is 37.1 Å². The molecule has 2 heterocycles. The van der Waals surface area contributed by atoms with Crippen molar-refractivity contribution in [3.8, 4) is 0 Å². The maximum Gasteiger partial charge on any atom is 0.0407 e. The predicted octanol–water partition coefficient (Wildman–Crippen LogP) is 4.68. The zero-order valence-corrected chi connectivity index (χ0v) is 14.9. The van der Waals surface area contributed by atoms with E-state index >= 15 is 0 Å². The lowest BCUT2D eigenvalue weighted by atomic mass is 9.80. The van der Waals surface area contributed by atoms with Gasteiger partial charge in [-0.3, -0.25) is 4.90 Å². The smallest absolute Gasteiger partial charge is 0.0407 e. The van der Waals surface area contributed by atoms with Gasteiger partial charge >= 0.3 is 0 Å². The molecule has 1 aromatic rings. The summed E-state index contributed by atoms with van der Waals surface area (Å²) in [6.07, 6.45) is 3.96. The van der Waals surface area contributed by atoms with Gasteiger partial charge in [-0.15, -0.1) is 0 Å². The van der Waals surface area contributed by atoms with E-state index in [-0.39, 0.29) is 0 Å². The summed E-state index contributed by atoms with van der Waals surface area (Å²) in [6, 6.07) is 9.08. The van der Waals surface area contributed by atoms with Crippen molar-refractivity contribution in [3.05, 3.63) is 29.3 Å². The first-order valence-electron chi connectivity index (χ1n) is 8.68. The van der Waals surface area contributed by atoms with Gasteiger partial charge in [0.05, 0.1) is 0 Å². The first-order chi connectivity index (χ1) is 10.4. The first kappa shape index (κ1) is 16.1. The highest BCUT2D eigenvalue weighted by atomic mass is 35.5. The molecule has 0 radical (unpaired) electrons. The molecule has 0 amide bonds. The molecule has 0 spiro atoms. The zero-order valence-electron chi connectivity index (χ0n) is 14.2. The largest absolute Gasteiger partial charge is 0.371 e. The van der Waals surface area contributed by atoms with Crippen LogP contribution < -0.4 is 4.90 Å². The molecule has 2 aliphatic heterocycles. The Bertz CT molecular complexity index is 483. The van der Waals surface area contributed by atoms with Crippen molar-refractivity contribution in [3.63, 3.8) is 0 Å². The van der Waals surface area contributed by atoms with Crippen LogP contribution in [0.25, 0.3) is 0 Å². The summed E-state index contributed by atoms with van der Waals surface area (Å²) in [6.45, 7) is 12.1. The summed E-state index contributed by atoms with van der Waals surface area (Å²) in [5, 5.41) is 0.823. The van der Waals surface area contributed by atoms with Gasteiger partial charge in [0.1, 0.15) is 0 Å². The topological polar surface area (TPSA) is 6.48 Å². The molecule has 22 heavy (non-hydrogen) atoms. The van der Waals surface area contributed by atoms with Crippen molar-refractivity contribution in [2.75, 3.05) is 31.1 Å².